The Morgan fingerprint density at radius 2 is 2.17 bits per heavy atom. The summed E-state index contributed by atoms with van der Waals surface area (Å²) in [6, 6.07) is 10.4. The number of aliphatic hydroxyl groups is 1. The first kappa shape index (κ1) is 14.8. The molecule has 0 spiro atoms. The molecule has 5 nitrogen and oxygen atoms in total. The van der Waals surface area contributed by atoms with E-state index >= 15 is 0 Å². The minimum Gasteiger partial charge on any atom is -0.392 e. The number of para-hydroxylation sites is 1. The van der Waals surface area contributed by atoms with Gasteiger partial charge in [-0.25, -0.2) is 4.68 Å². The number of rotatable bonds is 2. The van der Waals surface area contributed by atoms with Crippen LogP contribution in [-0.2, 0) is 6.67 Å². The molecule has 3 aromatic rings. The molecule has 0 amide bonds. The number of benzene rings is 1. The Bertz CT molecular complexity index is 929. The van der Waals surface area contributed by atoms with Crippen LogP contribution >= 0.6 is 12.2 Å². The first-order valence-electron chi connectivity index (χ1n) is 8.02. The van der Waals surface area contributed by atoms with E-state index in [-0.39, 0.29) is 6.10 Å². The molecule has 3 heterocycles. The SMILES string of the molecule is Cc1cc2nn(CN3CCC[C@@H](O)C3)c(=S)n2c2ccccc12. The molecule has 1 fully saturated rings. The molecule has 0 saturated carbocycles. The lowest BCUT2D eigenvalue weighted by Crippen LogP contribution is -2.39. The number of pyridine rings is 1. The van der Waals surface area contributed by atoms with E-state index in [4.69, 9.17) is 17.3 Å². The van der Waals surface area contributed by atoms with Gasteiger partial charge in [0, 0.05) is 18.5 Å². The molecule has 1 aliphatic rings. The average Bonchev–Trinajstić information content (AvgIpc) is 2.84. The second-order valence-corrected chi connectivity index (χ2v) is 6.70. The first-order chi connectivity index (χ1) is 11.1. The largest absolute Gasteiger partial charge is 0.392 e. The third-order valence-electron chi connectivity index (χ3n) is 4.59. The molecule has 1 saturated heterocycles. The van der Waals surface area contributed by atoms with Gasteiger partial charge >= 0.3 is 0 Å². The lowest BCUT2D eigenvalue weighted by molar-refractivity contribution is 0.0514. The summed E-state index contributed by atoms with van der Waals surface area (Å²) in [5, 5.41) is 15.7. The molecule has 4 rings (SSSR count). The minimum absolute atomic E-state index is 0.238. The van der Waals surface area contributed by atoms with E-state index < -0.39 is 0 Å². The molecule has 0 bridgehead atoms. The molecule has 1 aromatic carbocycles. The molecule has 2 aromatic heterocycles. The van der Waals surface area contributed by atoms with E-state index in [1.54, 1.807) is 0 Å². The quantitative estimate of drug-likeness (QED) is 0.735. The molecular formula is C17H20N4OS. The standard InChI is InChI=1S/C17H20N4OS/c1-12-9-16-18-20(11-19-8-4-5-13(22)10-19)17(23)21(16)15-7-3-2-6-14(12)15/h2-3,6-7,9,13,22H,4-5,8,10-11H2,1H3/t13-/m1/s1. The zero-order valence-corrected chi connectivity index (χ0v) is 14.0. The third-order valence-corrected chi connectivity index (χ3v) is 4.99. The number of aliphatic hydroxyl groups excluding tert-OH is 1. The summed E-state index contributed by atoms with van der Waals surface area (Å²) in [7, 11) is 0. The fourth-order valence-electron chi connectivity index (χ4n) is 3.46. The fraction of sp³-hybridized carbons (Fsp3) is 0.412. The van der Waals surface area contributed by atoms with Crippen LogP contribution in [-0.4, -0.2) is 43.4 Å². The fourth-order valence-corrected chi connectivity index (χ4v) is 3.75. The summed E-state index contributed by atoms with van der Waals surface area (Å²) in [5.41, 5.74) is 3.18. The van der Waals surface area contributed by atoms with Crippen LogP contribution in [0, 0.1) is 11.7 Å². The Morgan fingerprint density at radius 3 is 3.00 bits per heavy atom. The van der Waals surface area contributed by atoms with E-state index in [0.29, 0.717) is 18.0 Å². The zero-order chi connectivity index (χ0) is 16.0. The van der Waals surface area contributed by atoms with Crippen molar-refractivity contribution >= 4 is 28.8 Å². The van der Waals surface area contributed by atoms with E-state index in [2.05, 4.69) is 30.0 Å². The molecule has 1 N–H and O–H groups in total. The lowest BCUT2D eigenvalue weighted by atomic mass is 10.1. The second kappa shape index (κ2) is 5.70. The Kier molecular flexibility index (Phi) is 3.67. The van der Waals surface area contributed by atoms with Crippen LogP contribution in [0.2, 0.25) is 0 Å². The maximum atomic E-state index is 9.84. The molecule has 0 radical (unpaired) electrons. The topological polar surface area (TPSA) is 45.7 Å². The van der Waals surface area contributed by atoms with E-state index in [1.807, 2.05) is 21.2 Å². The second-order valence-electron chi connectivity index (χ2n) is 6.33. The maximum Gasteiger partial charge on any atom is 0.204 e. The number of likely N-dealkylation sites (tertiary alicyclic amines) is 1. The van der Waals surface area contributed by atoms with Gasteiger partial charge in [0.15, 0.2) is 5.65 Å². The van der Waals surface area contributed by atoms with Crippen LogP contribution in [0.25, 0.3) is 16.6 Å². The van der Waals surface area contributed by atoms with Crippen molar-refractivity contribution < 1.29 is 5.11 Å². The maximum absolute atomic E-state index is 9.84. The highest BCUT2D eigenvalue weighted by molar-refractivity contribution is 7.71. The first-order valence-corrected chi connectivity index (χ1v) is 8.42. The highest BCUT2D eigenvalue weighted by Gasteiger charge is 2.19. The summed E-state index contributed by atoms with van der Waals surface area (Å²) in [5.74, 6) is 0. The molecule has 1 aliphatic heterocycles. The van der Waals surface area contributed by atoms with Gasteiger partial charge in [0.05, 0.1) is 18.3 Å². The van der Waals surface area contributed by atoms with Crippen molar-refractivity contribution in [2.75, 3.05) is 13.1 Å². The zero-order valence-electron chi connectivity index (χ0n) is 13.1. The summed E-state index contributed by atoms with van der Waals surface area (Å²) in [4.78, 5) is 2.21. The number of hydrogen-bond donors (Lipinski definition) is 1. The molecule has 6 heteroatoms. The van der Waals surface area contributed by atoms with Crippen LogP contribution in [0.1, 0.15) is 18.4 Å². The Morgan fingerprint density at radius 1 is 1.35 bits per heavy atom. The molecule has 23 heavy (non-hydrogen) atoms. The van der Waals surface area contributed by atoms with Crippen molar-refractivity contribution in [2.45, 2.75) is 32.5 Å². The van der Waals surface area contributed by atoms with E-state index in [0.717, 1.165) is 30.6 Å². The van der Waals surface area contributed by atoms with Crippen LogP contribution in [0.5, 0.6) is 0 Å². The summed E-state index contributed by atoms with van der Waals surface area (Å²) < 4.78 is 4.61. The van der Waals surface area contributed by atoms with Gasteiger partial charge in [-0.05, 0) is 49.7 Å². The van der Waals surface area contributed by atoms with Gasteiger partial charge < -0.3 is 5.11 Å². The normalized spacial score (nSPS) is 19.7. The number of hydrogen-bond acceptors (Lipinski definition) is 4. The van der Waals surface area contributed by atoms with Gasteiger partial charge in [0.1, 0.15) is 0 Å². The molecule has 0 aliphatic carbocycles. The number of fused-ring (bicyclic) bond motifs is 3. The Labute approximate surface area is 139 Å². The predicted molar refractivity (Wildman–Crippen MR) is 93.1 cm³/mol. The number of piperidine rings is 1. The molecule has 0 unspecified atom stereocenters. The van der Waals surface area contributed by atoms with E-state index in [1.165, 1.54) is 10.9 Å². The van der Waals surface area contributed by atoms with Crippen molar-refractivity contribution in [1.82, 2.24) is 19.1 Å². The van der Waals surface area contributed by atoms with Crippen LogP contribution in [0.4, 0.5) is 0 Å². The van der Waals surface area contributed by atoms with Crippen molar-refractivity contribution in [3.8, 4) is 0 Å². The van der Waals surface area contributed by atoms with E-state index in [9.17, 15) is 5.11 Å². The molecule has 1 atom stereocenters. The van der Waals surface area contributed by atoms with Gasteiger partial charge in [-0.2, -0.15) is 5.10 Å². The minimum atomic E-state index is -0.238. The highest BCUT2D eigenvalue weighted by atomic mass is 32.1. The Hall–Kier alpha value is -1.76. The number of β-amino-alcohol motifs (C(OH)–C–C–N with tert-alkyl or cyclic N) is 1. The average molecular weight is 328 g/mol. The van der Waals surface area contributed by atoms with Gasteiger partial charge in [0.2, 0.25) is 4.77 Å². The Balaban J connectivity index is 1.81. The lowest BCUT2D eigenvalue weighted by Gasteiger charge is -2.29. The smallest absolute Gasteiger partial charge is 0.204 e. The number of aromatic nitrogens is 3. The highest BCUT2D eigenvalue weighted by Crippen LogP contribution is 2.21. The third kappa shape index (κ3) is 2.56. The van der Waals surface area contributed by atoms with Gasteiger partial charge in [0.25, 0.3) is 0 Å². The summed E-state index contributed by atoms with van der Waals surface area (Å²) in [6.45, 7) is 4.40. The molecule has 120 valence electrons. The number of nitrogens with zero attached hydrogens (tertiary/aromatic N) is 4. The van der Waals surface area contributed by atoms with Crippen LogP contribution in [0.15, 0.2) is 30.3 Å². The van der Waals surface area contributed by atoms with Crippen LogP contribution in [0.3, 0.4) is 0 Å². The van der Waals surface area contributed by atoms with Gasteiger partial charge in [-0.3, -0.25) is 9.30 Å². The van der Waals surface area contributed by atoms with Gasteiger partial charge in [-0.15, -0.1) is 0 Å². The summed E-state index contributed by atoms with van der Waals surface area (Å²) in [6.07, 6.45) is 1.67. The van der Waals surface area contributed by atoms with Crippen molar-refractivity contribution in [3.05, 3.63) is 40.7 Å². The van der Waals surface area contributed by atoms with Crippen molar-refractivity contribution in [2.24, 2.45) is 0 Å². The predicted octanol–water partition coefficient (Wildman–Crippen LogP) is 2.74. The summed E-state index contributed by atoms with van der Waals surface area (Å²) >= 11 is 5.67. The monoisotopic (exact) mass is 328 g/mol. The van der Waals surface area contributed by atoms with Crippen LogP contribution < -0.4 is 0 Å². The van der Waals surface area contributed by atoms with Crippen molar-refractivity contribution in [1.29, 1.82) is 0 Å². The van der Waals surface area contributed by atoms with Crippen molar-refractivity contribution in [3.63, 3.8) is 0 Å². The number of aryl methyl sites for hydroxylation is 1. The molecular weight excluding hydrogens is 308 g/mol. The van der Waals surface area contributed by atoms with Gasteiger partial charge in [-0.1, -0.05) is 18.2 Å².